The third kappa shape index (κ3) is 1.49. The molecule has 1 aliphatic heterocycles. The zero-order valence-electron chi connectivity index (χ0n) is 3.81. The van der Waals surface area contributed by atoms with Gasteiger partial charge in [-0.2, -0.15) is 0 Å². The number of rotatable bonds is 0. The minimum absolute atomic E-state index is 0.238. The van der Waals surface area contributed by atoms with Gasteiger partial charge in [0.2, 0.25) is 5.12 Å². The Balaban J connectivity index is 2.25. The number of carbonyl (C=O) groups excluding carboxylic acids is 1. The Morgan fingerprint density at radius 1 is 1.86 bits per heavy atom. The van der Waals surface area contributed by atoms with Crippen molar-refractivity contribution in [3.05, 3.63) is 6.54 Å². The summed E-state index contributed by atoms with van der Waals surface area (Å²) in [6.45, 7) is 2.40. The van der Waals surface area contributed by atoms with Crippen LogP contribution < -0.4 is 5.32 Å². The molecule has 0 amide bonds. The van der Waals surface area contributed by atoms with Gasteiger partial charge in [0.05, 0.1) is 6.54 Å². The zero-order valence-corrected chi connectivity index (χ0v) is 4.62. The maximum atomic E-state index is 10.3. The molecule has 7 heavy (non-hydrogen) atoms. The lowest BCUT2D eigenvalue weighted by molar-refractivity contribution is -0.110. The second-order valence-corrected chi connectivity index (χ2v) is 2.35. The number of hydrogen-bond donors (Lipinski definition) is 1. The van der Waals surface area contributed by atoms with Crippen LogP contribution in [0, 0.1) is 6.54 Å². The lowest BCUT2D eigenvalue weighted by Crippen LogP contribution is -2.24. The van der Waals surface area contributed by atoms with E-state index in [0.717, 1.165) is 5.75 Å². The van der Waals surface area contributed by atoms with Crippen molar-refractivity contribution in [3.63, 3.8) is 0 Å². The summed E-state index contributed by atoms with van der Waals surface area (Å²) in [4.78, 5) is 10.3. The Morgan fingerprint density at radius 2 is 2.71 bits per heavy atom. The van der Waals surface area contributed by atoms with Crippen molar-refractivity contribution < 1.29 is 4.79 Å². The minimum Gasteiger partial charge on any atom is -0.304 e. The molecule has 2 nitrogen and oxygen atoms in total. The van der Waals surface area contributed by atoms with E-state index in [-0.39, 0.29) is 5.12 Å². The molecule has 39 valence electrons. The zero-order chi connectivity index (χ0) is 5.11. The monoisotopic (exact) mass is 116 g/mol. The highest BCUT2D eigenvalue weighted by Gasteiger charge is 2.06. The summed E-state index contributed by atoms with van der Waals surface area (Å²) in [5.41, 5.74) is 0. The lowest BCUT2D eigenvalue weighted by atomic mass is 10.6. The van der Waals surface area contributed by atoms with E-state index < -0.39 is 0 Å². The van der Waals surface area contributed by atoms with Gasteiger partial charge in [-0.1, -0.05) is 11.8 Å². The normalized spacial score (nSPS) is 22.6. The van der Waals surface area contributed by atoms with Crippen LogP contribution in [0.1, 0.15) is 0 Å². The van der Waals surface area contributed by atoms with Gasteiger partial charge in [-0.25, -0.2) is 0 Å². The molecule has 0 spiro atoms. The fourth-order valence-corrected chi connectivity index (χ4v) is 0.973. The number of hydrogen-bond acceptors (Lipinski definition) is 3. The van der Waals surface area contributed by atoms with Crippen molar-refractivity contribution in [2.45, 2.75) is 0 Å². The van der Waals surface area contributed by atoms with Crippen LogP contribution in [0.15, 0.2) is 0 Å². The SMILES string of the molecule is O=C1CN[CH]CS1. The van der Waals surface area contributed by atoms with Crippen molar-refractivity contribution in [1.82, 2.24) is 5.32 Å². The first-order chi connectivity index (χ1) is 3.39. The van der Waals surface area contributed by atoms with Gasteiger partial charge in [0.1, 0.15) is 0 Å². The lowest BCUT2D eigenvalue weighted by Gasteiger charge is -2.06. The Hall–Kier alpha value is -0.0200. The largest absolute Gasteiger partial charge is 0.304 e. The molecule has 0 saturated carbocycles. The maximum absolute atomic E-state index is 10.3. The second kappa shape index (κ2) is 2.33. The highest BCUT2D eigenvalue weighted by molar-refractivity contribution is 8.13. The van der Waals surface area contributed by atoms with Gasteiger partial charge < -0.3 is 5.32 Å². The number of carbonyl (C=O) groups is 1. The van der Waals surface area contributed by atoms with E-state index in [0.29, 0.717) is 6.54 Å². The first-order valence-electron chi connectivity index (χ1n) is 2.10. The molecule has 1 fully saturated rings. The smallest absolute Gasteiger partial charge is 0.202 e. The Bertz CT molecular complexity index is 75.8. The predicted molar refractivity (Wildman–Crippen MR) is 29.8 cm³/mol. The number of nitrogens with one attached hydrogen (secondary N) is 1. The third-order valence-corrected chi connectivity index (χ3v) is 1.52. The molecule has 3 heteroatoms. The molecule has 1 heterocycles. The van der Waals surface area contributed by atoms with Crippen molar-refractivity contribution in [2.24, 2.45) is 0 Å². The van der Waals surface area contributed by atoms with Gasteiger partial charge in [0.25, 0.3) is 0 Å². The summed E-state index contributed by atoms with van der Waals surface area (Å²) >= 11 is 1.36. The molecule has 1 aliphatic rings. The van der Waals surface area contributed by atoms with E-state index in [2.05, 4.69) is 5.32 Å². The molecular formula is C4H6NOS. The van der Waals surface area contributed by atoms with E-state index in [4.69, 9.17) is 0 Å². The van der Waals surface area contributed by atoms with Gasteiger partial charge >= 0.3 is 0 Å². The summed E-state index contributed by atoms with van der Waals surface area (Å²) < 4.78 is 0. The molecule has 0 aromatic heterocycles. The fourth-order valence-electron chi connectivity index (χ4n) is 0.400. The Morgan fingerprint density at radius 3 is 3.00 bits per heavy atom. The van der Waals surface area contributed by atoms with Crippen molar-refractivity contribution in [2.75, 3.05) is 12.3 Å². The first kappa shape index (κ1) is 5.12. The Labute approximate surface area is 46.7 Å². The molecule has 0 unspecified atom stereocenters. The first-order valence-corrected chi connectivity index (χ1v) is 3.09. The molecule has 1 saturated heterocycles. The molecule has 0 aromatic rings. The summed E-state index contributed by atoms with van der Waals surface area (Å²) in [7, 11) is 0. The summed E-state index contributed by atoms with van der Waals surface area (Å²) in [5, 5.41) is 3.08. The third-order valence-electron chi connectivity index (χ3n) is 0.718. The average Bonchev–Trinajstić information content (AvgIpc) is 1.69. The molecule has 1 N–H and O–H groups in total. The van der Waals surface area contributed by atoms with Gasteiger partial charge in [-0.15, -0.1) is 0 Å². The van der Waals surface area contributed by atoms with Crippen LogP contribution in [-0.4, -0.2) is 17.4 Å². The molecule has 0 atom stereocenters. The van der Waals surface area contributed by atoms with Crippen molar-refractivity contribution >= 4 is 16.9 Å². The van der Waals surface area contributed by atoms with Crippen molar-refractivity contribution in [3.8, 4) is 0 Å². The van der Waals surface area contributed by atoms with Gasteiger partial charge in [-0.05, 0) is 0 Å². The highest BCUT2D eigenvalue weighted by Crippen LogP contribution is 2.04. The summed E-state index contributed by atoms with van der Waals surface area (Å²) in [5.74, 6) is 0.818. The molecule has 0 aliphatic carbocycles. The minimum atomic E-state index is 0.238. The van der Waals surface area contributed by atoms with Crippen molar-refractivity contribution in [1.29, 1.82) is 0 Å². The maximum Gasteiger partial charge on any atom is 0.202 e. The average molecular weight is 116 g/mol. The van der Waals surface area contributed by atoms with Crippen LogP contribution in [0.5, 0.6) is 0 Å². The van der Waals surface area contributed by atoms with Crippen LogP contribution >= 0.6 is 11.8 Å². The van der Waals surface area contributed by atoms with Gasteiger partial charge in [0.15, 0.2) is 0 Å². The van der Waals surface area contributed by atoms with Gasteiger partial charge in [0, 0.05) is 12.3 Å². The van der Waals surface area contributed by atoms with Gasteiger partial charge in [-0.3, -0.25) is 4.79 Å². The van der Waals surface area contributed by atoms with Crippen LogP contribution in [0.25, 0.3) is 0 Å². The molecule has 1 rings (SSSR count). The summed E-state index contributed by atoms with van der Waals surface area (Å²) in [6, 6.07) is 0. The number of thioether (sulfide) groups is 1. The second-order valence-electron chi connectivity index (χ2n) is 1.27. The molecular weight excluding hydrogens is 110 g/mol. The molecule has 0 bridgehead atoms. The van der Waals surface area contributed by atoms with E-state index >= 15 is 0 Å². The predicted octanol–water partition coefficient (Wildman–Crippen LogP) is 0.0112. The Kier molecular flexibility index (Phi) is 1.70. The van der Waals surface area contributed by atoms with E-state index in [1.54, 1.807) is 0 Å². The standard InChI is InChI=1S/C4H6NOS/c6-4-3-5-1-2-7-4/h1,5H,2-3H2. The van der Waals surface area contributed by atoms with Crippen LogP contribution in [0.3, 0.4) is 0 Å². The van der Waals surface area contributed by atoms with Crippen LogP contribution in [0.2, 0.25) is 0 Å². The van der Waals surface area contributed by atoms with Crippen LogP contribution in [-0.2, 0) is 4.79 Å². The van der Waals surface area contributed by atoms with E-state index in [1.807, 2.05) is 6.54 Å². The van der Waals surface area contributed by atoms with E-state index in [1.165, 1.54) is 11.8 Å². The quantitative estimate of drug-likeness (QED) is 0.483. The van der Waals surface area contributed by atoms with E-state index in [9.17, 15) is 4.79 Å². The fraction of sp³-hybridized carbons (Fsp3) is 0.500. The molecule has 1 radical (unpaired) electrons. The summed E-state index contributed by atoms with van der Waals surface area (Å²) in [6.07, 6.45) is 0. The topological polar surface area (TPSA) is 29.1 Å². The highest BCUT2D eigenvalue weighted by atomic mass is 32.2. The molecule has 0 aromatic carbocycles. The van der Waals surface area contributed by atoms with Crippen LogP contribution in [0.4, 0.5) is 0 Å².